The SMILES string of the molecule is COCCc1ccccc1N[C@H]1CCC[C@@H]1O. The largest absolute Gasteiger partial charge is 0.391 e. The number of methoxy groups -OCH3 is 1. The first-order valence-electron chi connectivity index (χ1n) is 6.32. The Balaban J connectivity index is 2.03. The van der Waals surface area contributed by atoms with Crippen molar-refractivity contribution in [2.75, 3.05) is 19.0 Å². The van der Waals surface area contributed by atoms with Crippen molar-refractivity contribution >= 4 is 5.69 Å². The molecule has 0 saturated heterocycles. The molecule has 17 heavy (non-hydrogen) atoms. The lowest BCUT2D eigenvalue weighted by Crippen LogP contribution is -2.28. The average molecular weight is 235 g/mol. The van der Waals surface area contributed by atoms with Gasteiger partial charge < -0.3 is 15.2 Å². The fourth-order valence-electron chi connectivity index (χ4n) is 2.40. The van der Waals surface area contributed by atoms with Gasteiger partial charge >= 0.3 is 0 Å². The molecular formula is C14H21NO2. The van der Waals surface area contributed by atoms with Gasteiger partial charge in [0.2, 0.25) is 0 Å². The van der Waals surface area contributed by atoms with Gasteiger partial charge in [-0.2, -0.15) is 0 Å². The van der Waals surface area contributed by atoms with E-state index in [9.17, 15) is 5.11 Å². The van der Waals surface area contributed by atoms with Gasteiger partial charge in [0.1, 0.15) is 0 Å². The second-order valence-corrected chi connectivity index (χ2v) is 4.65. The molecule has 0 radical (unpaired) electrons. The maximum Gasteiger partial charge on any atom is 0.0741 e. The second-order valence-electron chi connectivity index (χ2n) is 4.65. The Bertz CT molecular complexity index is 354. The van der Waals surface area contributed by atoms with E-state index < -0.39 is 0 Å². The van der Waals surface area contributed by atoms with Crippen LogP contribution in [0, 0.1) is 0 Å². The Kier molecular flexibility index (Phi) is 4.40. The average Bonchev–Trinajstić information content (AvgIpc) is 2.74. The number of benzene rings is 1. The number of nitrogens with one attached hydrogen (secondary N) is 1. The zero-order valence-electron chi connectivity index (χ0n) is 10.4. The van der Waals surface area contributed by atoms with Crippen LogP contribution in [0.1, 0.15) is 24.8 Å². The summed E-state index contributed by atoms with van der Waals surface area (Å²) in [6, 6.07) is 8.47. The minimum absolute atomic E-state index is 0.203. The van der Waals surface area contributed by atoms with Gasteiger partial charge in [0.15, 0.2) is 0 Å². The first-order valence-corrected chi connectivity index (χ1v) is 6.32. The number of para-hydroxylation sites is 1. The van der Waals surface area contributed by atoms with Crippen LogP contribution >= 0.6 is 0 Å². The van der Waals surface area contributed by atoms with Crippen molar-refractivity contribution in [3.8, 4) is 0 Å². The molecule has 0 aromatic heterocycles. The molecule has 1 saturated carbocycles. The first kappa shape index (κ1) is 12.4. The normalized spacial score (nSPS) is 23.9. The van der Waals surface area contributed by atoms with E-state index in [-0.39, 0.29) is 12.1 Å². The van der Waals surface area contributed by atoms with Crippen LogP contribution in [0.15, 0.2) is 24.3 Å². The molecule has 0 heterocycles. The molecule has 0 spiro atoms. The number of aliphatic hydroxyl groups excluding tert-OH is 1. The lowest BCUT2D eigenvalue weighted by Gasteiger charge is -2.20. The predicted octanol–water partition coefficient (Wildman–Crippen LogP) is 2.20. The molecular weight excluding hydrogens is 214 g/mol. The lowest BCUT2D eigenvalue weighted by atomic mass is 10.1. The van der Waals surface area contributed by atoms with Gasteiger partial charge in [0.05, 0.1) is 18.8 Å². The highest BCUT2D eigenvalue weighted by Crippen LogP contribution is 2.25. The molecule has 3 nitrogen and oxygen atoms in total. The maximum atomic E-state index is 9.83. The molecule has 1 aliphatic rings. The smallest absolute Gasteiger partial charge is 0.0741 e. The Labute approximate surface area is 103 Å². The van der Waals surface area contributed by atoms with E-state index in [0.29, 0.717) is 0 Å². The zero-order valence-corrected chi connectivity index (χ0v) is 10.4. The fourth-order valence-corrected chi connectivity index (χ4v) is 2.40. The van der Waals surface area contributed by atoms with Crippen LogP contribution in [0.3, 0.4) is 0 Å². The molecule has 1 fully saturated rings. The summed E-state index contributed by atoms with van der Waals surface area (Å²) in [7, 11) is 1.72. The number of hydrogen-bond acceptors (Lipinski definition) is 3. The summed E-state index contributed by atoms with van der Waals surface area (Å²) in [6.07, 6.45) is 3.78. The standard InChI is InChI=1S/C14H21NO2/c1-17-10-9-11-5-2-3-6-12(11)15-13-7-4-8-14(13)16/h2-3,5-6,13-16H,4,7-10H2,1H3/t13-,14-/m0/s1. The van der Waals surface area contributed by atoms with Crippen molar-refractivity contribution in [1.29, 1.82) is 0 Å². The minimum atomic E-state index is -0.203. The first-order chi connectivity index (χ1) is 8.31. The molecule has 2 N–H and O–H groups in total. The summed E-state index contributed by atoms with van der Waals surface area (Å²) in [5.41, 5.74) is 2.39. The Morgan fingerprint density at radius 1 is 1.35 bits per heavy atom. The third-order valence-corrected chi connectivity index (χ3v) is 3.41. The fraction of sp³-hybridized carbons (Fsp3) is 0.571. The third-order valence-electron chi connectivity index (χ3n) is 3.41. The van der Waals surface area contributed by atoms with Crippen molar-refractivity contribution in [2.45, 2.75) is 37.8 Å². The van der Waals surface area contributed by atoms with Crippen molar-refractivity contribution < 1.29 is 9.84 Å². The quantitative estimate of drug-likeness (QED) is 0.822. The van der Waals surface area contributed by atoms with Gasteiger partial charge in [-0.3, -0.25) is 0 Å². The molecule has 94 valence electrons. The Hall–Kier alpha value is -1.06. The number of ether oxygens (including phenoxy) is 1. The van der Waals surface area contributed by atoms with Crippen LogP contribution in [-0.4, -0.2) is 31.0 Å². The van der Waals surface area contributed by atoms with Gasteiger partial charge in [-0.15, -0.1) is 0 Å². The van der Waals surface area contributed by atoms with Crippen LogP contribution in [-0.2, 0) is 11.2 Å². The number of hydrogen-bond donors (Lipinski definition) is 2. The molecule has 2 rings (SSSR count). The van der Waals surface area contributed by atoms with Crippen LogP contribution in [0.2, 0.25) is 0 Å². The van der Waals surface area contributed by atoms with Crippen molar-refractivity contribution in [1.82, 2.24) is 0 Å². The topological polar surface area (TPSA) is 41.5 Å². The van der Waals surface area contributed by atoms with E-state index in [4.69, 9.17) is 4.74 Å². The molecule has 0 bridgehead atoms. The molecule has 0 aliphatic heterocycles. The summed E-state index contributed by atoms with van der Waals surface area (Å²) in [6.45, 7) is 0.728. The Morgan fingerprint density at radius 3 is 2.88 bits per heavy atom. The third kappa shape index (κ3) is 3.20. The van der Waals surface area contributed by atoms with Gasteiger partial charge in [0, 0.05) is 12.8 Å². The summed E-state index contributed by atoms with van der Waals surface area (Å²) < 4.78 is 5.11. The van der Waals surface area contributed by atoms with Crippen LogP contribution in [0.4, 0.5) is 5.69 Å². The van der Waals surface area contributed by atoms with E-state index in [0.717, 1.165) is 38.0 Å². The molecule has 1 aliphatic carbocycles. The predicted molar refractivity (Wildman–Crippen MR) is 69.3 cm³/mol. The molecule has 1 aromatic rings. The molecule has 0 unspecified atom stereocenters. The highest BCUT2D eigenvalue weighted by atomic mass is 16.5. The Morgan fingerprint density at radius 2 is 2.18 bits per heavy atom. The van der Waals surface area contributed by atoms with Crippen molar-refractivity contribution in [3.05, 3.63) is 29.8 Å². The molecule has 1 aromatic carbocycles. The minimum Gasteiger partial charge on any atom is -0.391 e. The van der Waals surface area contributed by atoms with Crippen molar-refractivity contribution in [3.63, 3.8) is 0 Å². The van der Waals surface area contributed by atoms with Crippen molar-refractivity contribution in [2.24, 2.45) is 0 Å². The van der Waals surface area contributed by atoms with Gasteiger partial charge in [-0.25, -0.2) is 0 Å². The van der Waals surface area contributed by atoms with E-state index >= 15 is 0 Å². The monoisotopic (exact) mass is 235 g/mol. The summed E-state index contributed by atoms with van der Waals surface area (Å²) in [5, 5.41) is 13.3. The lowest BCUT2D eigenvalue weighted by molar-refractivity contribution is 0.171. The van der Waals surface area contributed by atoms with E-state index in [2.05, 4.69) is 17.4 Å². The molecule has 3 heteroatoms. The highest BCUT2D eigenvalue weighted by molar-refractivity contribution is 5.52. The van der Waals surface area contributed by atoms with E-state index in [1.54, 1.807) is 7.11 Å². The van der Waals surface area contributed by atoms with Crippen LogP contribution < -0.4 is 5.32 Å². The van der Waals surface area contributed by atoms with Gasteiger partial charge in [0.25, 0.3) is 0 Å². The summed E-state index contributed by atoms with van der Waals surface area (Å²) in [4.78, 5) is 0. The number of aliphatic hydroxyl groups is 1. The second kappa shape index (κ2) is 6.03. The highest BCUT2D eigenvalue weighted by Gasteiger charge is 2.25. The van der Waals surface area contributed by atoms with Gasteiger partial charge in [-0.1, -0.05) is 18.2 Å². The number of rotatable bonds is 5. The molecule has 0 amide bonds. The van der Waals surface area contributed by atoms with Crippen LogP contribution in [0.25, 0.3) is 0 Å². The molecule has 2 atom stereocenters. The summed E-state index contributed by atoms with van der Waals surface area (Å²) in [5.74, 6) is 0. The van der Waals surface area contributed by atoms with E-state index in [1.165, 1.54) is 5.56 Å². The summed E-state index contributed by atoms with van der Waals surface area (Å²) >= 11 is 0. The van der Waals surface area contributed by atoms with Gasteiger partial charge in [-0.05, 0) is 37.3 Å². The van der Waals surface area contributed by atoms with E-state index in [1.807, 2.05) is 12.1 Å². The number of anilines is 1. The maximum absolute atomic E-state index is 9.83. The van der Waals surface area contributed by atoms with Crippen LogP contribution in [0.5, 0.6) is 0 Å². The zero-order chi connectivity index (χ0) is 12.1.